The van der Waals surface area contributed by atoms with Crippen LogP contribution in [0.15, 0.2) is 54.6 Å². The lowest BCUT2D eigenvalue weighted by Crippen LogP contribution is -2.56. The van der Waals surface area contributed by atoms with Gasteiger partial charge in [-0.15, -0.1) is 0 Å². The predicted octanol–water partition coefficient (Wildman–Crippen LogP) is 6.62. The smallest absolute Gasteiger partial charge is 0.238 e. The van der Waals surface area contributed by atoms with Crippen molar-refractivity contribution < 1.29 is 13.6 Å². The van der Waals surface area contributed by atoms with Crippen LogP contribution in [0.2, 0.25) is 10.0 Å². The highest BCUT2D eigenvalue weighted by atomic mass is 35.5. The third-order valence-electron chi connectivity index (χ3n) is 6.64. The fraction of sp³-hybridized carbons (Fsp3) is 0.200. The number of thiocarbonyl (C=S) groups is 1. The van der Waals surface area contributed by atoms with Gasteiger partial charge in [0.15, 0.2) is 11.6 Å². The van der Waals surface area contributed by atoms with Crippen molar-refractivity contribution in [1.29, 1.82) is 0 Å². The molecule has 2 aliphatic rings. The Labute approximate surface area is 205 Å². The number of benzene rings is 3. The monoisotopic (exact) mass is 502 g/mol. The summed E-state index contributed by atoms with van der Waals surface area (Å²) in [5.74, 6) is -2.82. The molecule has 1 saturated heterocycles. The quantitative estimate of drug-likeness (QED) is 0.387. The Morgan fingerprint density at radius 3 is 2.58 bits per heavy atom. The number of aryl methyl sites for hydroxylation is 1. The number of anilines is 1. The van der Waals surface area contributed by atoms with Crippen LogP contribution in [0, 0.1) is 18.6 Å². The van der Waals surface area contributed by atoms with Gasteiger partial charge < -0.3 is 10.6 Å². The number of amides is 1. The van der Waals surface area contributed by atoms with E-state index in [-0.39, 0.29) is 11.5 Å². The van der Waals surface area contributed by atoms with Gasteiger partial charge in [-0.2, -0.15) is 0 Å². The Morgan fingerprint density at radius 1 is 1.06 bits per heavy atom. The molecule has 2 heterocycles. The number of hydrogen-bond donors (Lipinski definition) is 2. The zero-order chi connectivity index (χ0) is 23.5. The summed E-state index contributed by atoms with van der Waals surface area (Å²) in [5.41, 5.74) is 1.21. The van der Waals surface area contributed by atoms with E-state index >= 15 is 4.39 Å². The molecule has 3 atom stereocenters. The van der Waals surface area contributed by atoms with Crippen molar-refractivity contribution in [3.63, 3.8) is 0 Å². The van der Waals surface area contributed by atoms with Gasteiger partial charge in [-0.1, -0.05) is 59.7 Å². The van der Waals surface area contributed by atoms with Crippen LogP contribution in [0.5, 0.6) is 0 Å². The zero-order valence-corrected chi connectivity index (χ0v) is 19.7. The van der Waals surface area contributed by atoms with Crippen LogP contribution < -0.4 is 10.6 Å². The van der Waals surface area contributed by atoms with Gasteiger partial charge in [0.2, 0.25) is 5.91 Å². The first-order valence-electron chi connectivity index (χ1n) is 10.3. The largest absolute Gasteiger partial charge is 0.371 e. The minimum Gasteiger partial charge on any atom is -0.371 e. The van der Waals surface area contributed by atoms with Crippen LogP contribution in [0.25, 0.3) is 0 Å². The van der Waals surface area contributed by atoms with Crippen LogP contribution in [0.4, 0.5) is 14.5 Å². The third-order valence-corrected chi connectivity index (χ3v) is 7.40. The van der Waals surface area contributed by atoms with E-state index in [0.29, 0.717) is 38.3 Å². The summed E-state index contributed by atoms with van der Waals surface area (Å²) in [4.78, 5) is 14.4. The highest BCUT2D eigenvalue weighted by Gasteiger charge is 2.61. The molecule has 0 aromatic heterocycles. The van der Waals surface area contributed by atoms with Crippen molar-refractivity contribution in [3.05, 3.63) is 98.5 Å². The van der Waals surface area contributed by atoms with Gasteiger partial charge in [0, 0.05) is 33.6 Å². The highest BCUT2D eigenvalue weighted by Crippen LogP contribution is 2.58. The van der Waals surface area contributed by atoms with Crippen LogP contribution in [0.3, 0.4) is 0 Å². The molecule has 3 unspecified atom stereocenters. The summed E-state index contributed by atoms with van der Waals surface area (Å²) in [6.07, 6.45) is 0.331. The molecule has 3 aromatic rings. The molecule has 3 aromatic carbocycles. The molecule has 0 saturated carbocycles. The third kappa shape index (κ3) is 3.35. The fourth-order valence-corrected chi connectivity index (χ4v) is 5.92. The SMILES string of the molecule is Cc1ccc(F)c(F)c1C1NC(=S)CC(c2cccc(Cl)c2)C12C(=O)Nc1cc(Cl)ccc12. The maximum Gasteiger partial charge on any atom is 0.238 e. The second-order valence-corrected chi connectivity index (χ2v) is 9.78. The second kappa shape index (κ2) is 8.05. The van der Waals surface area contributed by atoms with Gasteiger partial charge in [-0.25, -0.2) is 8.78 Å². The average molecular weight is 503 g/mol. The molecular weight excluding hydrogens is 485 g/mol. The minimum atomic E-state index is -1.33. The number of rotatable bonds is 2. The molecule has 168 valence electrons. The molecule has 0 aliphatic carbocycles. The van der Waals surface area contributed by atoms with Crippen LogP contribution >= 0.6 is 35.4 Å². The van der Waals surface area contributed by atoms with E-state index in [2.05, 4.69) is 10.6 Å². The predicted molar refractivity (Wildman–Crippen MR) is 130 cm³/mol. The Bertz CT molecular complexity index is 1330. The van der Waals surface area contributed by atoms with Crippen LogP contribution in [-0.2, 0) is 10.2 Å². The summed E-state index contributed by atoms with van der Waals surface area (Å²) in [6, 6.07) is 14.0. The van der Waals surface area contributed by atoms with Crippen molar-refractivity contribution in [2.75, 3.05) is 5.32 Å². The van der Waals surface area contributed by atoms with Crippen LogP contribution in [0.1, 0.15) is 40.6 Å². The van der Waals surface area contributed by atoms with Gasteiger partial charge in [-0.3, -0.25) is 4.79 Å². The molecule has 2 N–H and O–H groups in total. The Balaban J connectivity index is 1.86. The van der Waals surface area contributed by atoms with Crippen molar-refractivity contribution in [2.24, 2.45) is 0 Å². The van der Waals surface area contributed by atoms with E-state index in [1.54, 1.807) is 43.3 Å². The molecule has 1 fully saturated rings. The Hall–Kier alpha value is -2.54. The maximum atomic E-state index is 15.3. The minimum absolute atomic E-state index is 0.0713. The second-order valence-electron chi connectivity index (χ2n) is 8.42. The molecule has 1 amide bonds. The molecule has 1 spiro atoms. The van der Waals surface area contributed by atoms with Crippen LogP contribution in [-0.4, -0.2) is 10.9 Å². The molecule has 33 heavy (non-hydrogen) atoms. The van der Waals surface area contributed by atoms with Crippen molar-refractivity contribution in [1.82, 2.24) is 5.32 Å². The molecule has 8 heteroatoms. The fourth-order valence-electron chi connectivity index (χ4n) is 5.26. The lowest BCUT2D eigenvalue weighted by molar-refractivity contribution is -0.123. The van der Waals surface area contributed by atoms with E-state index in [4.69, 9.17) is 35.4 Å². The summed E-state index contributed by atoms with van der Waals surface area (Å²) < 4.78 is 29.8. The number of nitrogens with one attached hydrogen (secondary N) is 2. The van der Waals surface area contributed by atoms with Crippen molar-refractivity contribution in [3.8, 4) is 0 Å². The molecule has 3 nitrogen and oxygen atoms in total. The number of carbonyl (C=O) groups excluding carboxylic acids is 1. The van der Waals surface area contributed by atoms with E-state index in [1.165, 1.54) is 6.07 Å². The van der Waals surface area contributed by atoms with Gasteiger partial charge >= 0.3 is 0 Å². The average Bonchev–Trinajstić information content (AvgIpc) is 3.04. The molecule has 5 rings (SSSR count). The topological polar surface area (TPSA) is 41.1 Å². The lowest BCUT2D eigenvalue weighted by atomic mass is 9.59. The van der Waals surface area contributed by atoms with E-state index < -0.39 is 29.0 Å². The Kier molecular flexibility index (Phi) is 5.43. The van der Waals surface area contributed by atoms with Gasteiger partial charge in [0.1, 0.15) is 5.41 Å². The van der Waals surface area contributed by atoms with Gasteiger partial charge in [0.05, 0.1) is 11.0 Å². The maximum absolute atomic E-state index is 15.3. The Morgan fingerprint density at radius 2 is 1.82 bits per heavy atom. The number of piperidine rings is 1. The first-order valence-corrected chi connectivity index (χ1v) is 11.5. The first kappa shape index (κ1) is 22.3. The summed E-state index contributed by atoms with van der Waals surface area (Å²) in [5, 5.41) is 7.06. The summed E-state index contributed by atoms with van der Waals surface area (Å²) >= 11 is 18.1. The molecular formula is C25H18Cl2F2N2OS. The van der Waals surface area contributed by atoms with E-state index in [9.17, 15) is 9.18 Å². The van der Waals surface area contributed by atoms with E-state index in [0.717, 1.165) is 11.6 Å². The van der Waals surface area contributed by atoms with Crippen molar-refractivity contribution in [2.45, 2.75) is 30.7 Å². The lowest BCUT2D eigenvalue weighted by Gasteiger charge is -2.47. The summed E-state index contributed by atoms with van der Waals surface area (Å²) in [7, 11) is 0. The number of carbonyl (C=O) groups is 1. The van der Waals surface area contributed by atoms with Gasteiger partial charge in [0.25, 0.3) is 0 Å². The number of hydrogen-bond acceptors (Lipinski definition) is 2. The molecule has 0 bridgehead atoms. The number of halogens is 4. The normalized spacial score (nSPS) is 23.9. The summed E-state index contributed by atoms with van der Waals surface area (Å²) in [6.45, 7) is 1.69. The molecule has 2 aliphatic heterocycles. The number of fused-ring (bicyclic) bond motifs is 2. The molecule has 0 radical (unpaired) electrons. The zero-order valence-electron chi connectivity index (χ0n) is 17.4. The van der Waals surface area contributed by atoms with Gasteiger partial charge in [-0.05, 0) is 53.9 Å². The van der Waals surface area contributed by atoms with E-state index in [1.807, 2.05) is 6.07 Å². The van der Waals surface area contributed by atoms with Crippen molar-refractivity contribution >= 4 is 52.0 Å². The standard InChI is InChI=1S/C25H18Cl2F2N2OS/c1-12-5-8-18(28)22(29)21(12)23-25(16-7-6-15(27)10-19(16)30-24(25)32)17(11-20(33)31-23)13-3-2-4-14(26)9-13/h2-10,17,23H,11H2,1H3,(H,30,32)(H,31,33). The highest BCUT2D eigenvalue weighted by molar-refractivity contribution is 7.80. The first-order chi connectivity index (χ1) is 15.7.